The number of amidine groups is 1. The van der Waals surface area contributed by atoms with Crippen LogP contribution < -0.4 is 10.6 Å². The lowest BCUT2D eigenvalue weighted by Crippen LogP contribution is -2.30. The van der Waals surface area contributed by atoms with Crippen LogP contribution in [0, 0.1) is 5.41 Å². The van der Waals surface area contributed by atoms with Gasteiger partial charge in [0.2, 0.25) is 0 Å². The normalized spacial score (nSPS) is 24.1. The van der Waals surface area contributed by atoms with Gasteiger partial charge in [-0.2, -0.15) is 0 Å². The molecular formula is C14H20BrN3O. The lowest BCUT2D eigenvalue weighted by Gasteiger charge is -2.26. The largest absolute Gasteiger partial charge is 0.390 e. The minimum Gasteiger partial charge on any atom is -0.390 e. The van der Waals surface area contributed by atoms with Gasteiger partial charge < -0.3 is 15.7 Å². The number of halogens is 1. The highest BCUT2D eigenvalue weighted by Gasteiger charge is 2.26. The van der Waals surface area contributed by atoms with Crippen LogP contribution in [0.4, 0.5) is 5.69 Å². The highest BCUT2D eigenvalue weighted by atomic mass is 79.9. The van der Waals surface area contributed by atoms with E-state index in [0.29, 0.717) is 0 Å². The summed E-state index contributed by atoms with van der Waals surface area (Å²) in [5.41, 5.74) is 6.82. The topological polar surface area (TPSA) is 73.3 Å². The van der Waals surface area contributed by atoms with Gasteiger partial charge in [-0.15, -0.1) is 0 Å². The average Bonchev–Trinajstić information content (AvgIpc) is 2.49. The first-order valence-electron chi connectivity index (χ1n) is 6.51. The lowest BCUT2D eigenvalue weighted by atomic mass is 9.98. The molecule has 0 amide bonds. The van der Waals surface area contributed by atoms with E-state index in [0.717, 1.165) is 48.1 Å². The molecule has 4 N–H and O–H groups in total. The number of nitrogens with two attached hydrogens (primary N) is 1. The minimum atomic E-state index is -0.586. The molecule has 5 heteroatoms. The van der Waals surface area contributed by atoms with Gasteiger partial charge in [0.25, 0.3) is 0 Å². The van der Waals surface area contributed by atoms with Crippen molar-refractivity contribution in [1.29, 1.82) is 5.41 Å². The summed E-state index contributed by atoms with van der Waals surface area (Å²) in [6.07, 6.45) is 2.49. The minimum absolute atomic E-state index is 0.0680. The molecule has 1 aliphatic rings. The number of hydrogen-bond acceptors (Lipinski definition) is 3. The third kappa shape index (κ3) is 3.28. The van der Waals surface area contributed by atoms with Gasteiger partial charge >= 0.3 is 0 Å². The van der Waals surface area contributed by atoms with Gasteiger partial charge in [0, 0.05) is 23.2 Å². The Morgan fingerprint density at radius 3 is 2.84 bits per heavy atom. The Morgan fingerprint density at radius 2 is 2.16 bits per heavy atom. The highest BCUT2D eigenvalue weighted by Crippen LogP contribution is 2.31. The smallest absolute Gasteiger partial charge is 0.126 e. The molecule has 1 aromatic carbocycles. The van der Waals surface area contributed by atoms with Crippen LogP contribution in [-0.2, 0) is 0 Å². The SMILES string of the molecule is CC1(O)CCCN(c2cccc(Br)c2C(=N)N)CC1. The molecule has 1 aromatic rings. The van der Waals surface area contributed by atoms with Gasteiger partial charge in [0.05, 0.1) is 11.2 Å². The number of anilines is 1. The van der Waals surface area contributed by atoms with Crippen molar-refractivity contribution in [2.24, 2.45) is 5.73 Å². The molecule has 0 spiro atoms. The van der Waals surface area contributed by atoms with E-state index in [2.05, 4.69) is 20.8 Å². The van der Waals surface area contributed by atoms with Crippen LogP contribution in [0.3, 0.4) is 0 Å². The van der Waals surface area contributed by atoms with E-state index >= 15 is 0 Å². The monoisotopic (exact) mass is 325 g/mol. The Balaban J connectivity index is 2.32. The molecule has 4 nitrogen and oxygen atoms in total. The Hall–Kier alpha value is -1.07. The van der Waals surface area contributed by atoms with Gasteiger partial charge in [-0.05, 0) is 54.2 Å². The zero-order valence-electron chi connectivity index (χ0n) is 11.1. The van der Waals surface area contributed by atoms with Gasteiger partial charge in [-0.3, -0.25) is 5.41 Å². The van der Waals surface area contributed by atoms with Crippen LogP contribution in [0.1, 0.15) is 31.7 Å². The van der Waals surface area contributed by atoms with Crippen molar-refractivity contribution in [2.75, 3.05) is 18.0 Å². The standard InChI is InChI=1S/C14H20BrN3O/c1-14(19)6-3-8-18(9-7-14)11-5-2-4-10(15)12(11)13(16)17/h2,4-5,19H,3,6-9H2,1H3,(H3,16,17). The van der Waals surface area contributed by atoms with Crippen LogP contribution in [-0.4, -0.2) is 29.6 Å². The highest BCUT2D eigenvalue weighted by molar-refractivity contribution is 9.10. The van der Waals surface area contributed by atoms with Crippen molar-refractivity contribution in [3.05, 3.63) is 28.2 Å². The Bertz CT molecular complexity index is 488. The number of hydrogen-bond donors (Lipinski definition) is 3. The van der Waals surface area contributed by atoms with Crippen LogP contribution in [0.5, 0.6) is 0 Å². The molecule has 1 heterocycles. The average molecular weight is 326 g/mol. The fraction of sp³-hybridized carbons (Fsp3) is 0.500. The lowest BCUT2D eigenvalue weighted by molar-refractivity contribution is 0.0481. The Morgan fingerprint density at radius 1 is 1.42 bits per heavy atom. The third-order valence-corrected chi connectivity index (χ3v) is 4.33. The summed E-state index contributed by atoms with van der Waals surface area (Å²) in [5, 5.41) is 17.9. The first-order chi connectivity index (χ1) is 8.91. The Labute approximate surface area is 122 Å². The summed E-state index contributed by atoms with van der Waals surface area (Å²) in [7, 11) is 0. The maximum absolute atomic E-state index is 10.1. The fourth-order valence-corrected chi connectivity index (χ4v) is 3.12. The summed E-state index contributed by atoms with van der Waals surface area (Å²) < 4.78 is 0.841. The molecule has 0 radical (unpaired) electrons. The first kappa shape index (κ1) is 14.3. The zero-order valence-corrected chi connectivity index (χ0v) is 12.7. The number of rotatable bonds is 2. The Kier molecular flexibility index (Phi) is 4.16. The summed E-state index contributed by atoms with van der Waals surface area (Å²) >= 11 is 3.46. The van der Waals surface area contributed by atoms with Gasteiger partial charge in [0.15, 0.2) is 0 Å². The quantitative estimate of drug-likeness (QED) is 0.577. The van der Waals surface area contributed by atoms with E-state index < -0.39 is 5.60 Å². The first-order valence-corrected chi connectivity index (χ1v) is 7.30. The molecule has 0 aromatic heterocycles. The third-order valence-electron chi connectivity index (χ3n) is 3.67. The van der Waals surface area contributed by atoms with Crippen LogP contribution in [0.25, 0.3) is 0 Å². The van der Waals surface area contributed by atoms with Crippen LogP contribution in [0.2, 0.25) is 0 Å². The van der Waals surface area contributed by atoms with Gasteiger partial charge in [0.1, 0.15) is 5.84 Å². The van der Waals surface area contributed by atoms with E-state index in [1.807, 2.05) is 25.1 Å². The number of aliphatic hydroxyl groups is 1. The molecule has 0 bridgehead atoms. The molecule has 1 unspecified atom stereocenters. The molecule has 1 fully saturated rings. The van der Waals surface area contributed by atoms with Crippen molar-refractivity contribution in [3.8, 4) is 0 Å². The number of benzene rings is 1. The van der Waals surface area contributed by atoms with Crippen LogP contribution in [0.15, 0.2) is 22.7 Å². The zero-order chi connectivity index (χ0) is 14.0. The molecule has 2 rings (SSSR count). The van der Waals surface area contributed by atoms with E-state index in [9.17, 15) is 5.11 Å². The maximum atomic E-state index is 10.1. The van der Waals surface area contributed by atoms with E-state index in [-0.39, 0.29) is 5.84 Å². The van der Waals surface area contributed by atoms with Gasteiger partial charge in [-0.1, -0.05) is 6.07 Å². The second-order valence-electron chi connectivity index (χ2n) is 5.39. The van der Waals surface area contributed by atoms with E-state index in [1.165, 1.54) is 0 Å². The van der Waals surface area contributed by atoms with E-state index in [4.69, 9.17) is 11.1 Å². The second kappa shape index (κ2) is 5.51. The molecule has 0 aliphatic carbocycles. The predicted octanol–water partition coefficient (Wildman–Crippen LogP) is 2.47. The molecule has 1 atom stereocenters. The maximum Gasteiger partial charge on any atom is 0.126 e. The van der Waals surface area contributed by atoms with Crippen molar-refractivity contribution in [1.82, 2.24) is 0 Å². The molecule has 104 valence electrons. The summed E-state index contributed by atoms with van der Waals surface area (Å²) in [6, 6.07) is 5.84. The van der Waals surface area contributed by atoms with Crippen molar-refractivity contribution >= 4 is 27.5 Å². The van der Waals surface area contributed by atoms with Crippen molar-refractivity contribution in [3.63, 3.8) is 0 Å². The second-order valence-corrected chi connectivity index (χ2v) is 6.24. The summed E-state index contributed by atoms with van der Waals surface area (Å²) in [5.74, 6) is 0.0680. The molecular weight excluding hydrogens is 306 g/mol. The molecule has 1 saturated heterocycles. The van der Waals surface area contributed by atoms with Crippen molar-refractivity contribution in [2.45, 2.75) is 31.8 Å². The molecule has 1 aliphatic heterocycles. The molecule has 0 saturated carbocycles. The van der Waals surface area contributed by atoms with Crippen LogP contribution >= 0.6 is 15.9 Å². The number of nitrogens with zero attached hydrogens (tertiary/aromatic N) is 1. The summed E-state index contributed by atoms with van der Waals surface area (Å²) in [6.45, 7) is 3.56. The number of nitrogen functional groups attached to an aromatic ring is 1. The van der Waals surface area contributed by atoms with Crippen molar-refractivity contribution < 1.29 is 5.11 Å². The number of nitrogens with one attached hydrogen (secondary N) is 1. The van der Waals surface area contributed by atoms with E-state index in [1.54, 1.807) is 0 Å². The van der Waals surface area contributed by atoms with Gasteiger partial charge in [-0.25, -0.2) is 0 Å². The summed E-state index contributed by atoms with van der Waals surface area (Å²) in [4.78, 5) is 2.21. The predicted molar refractivity (Wildman–Crippen MR) is 81.8 cm³/mol. The fourth-order valence-electron chi connectivity index (χ4n) is 2.55. The molecule has 19 heavy (non-hydrogen) atoms.